The SMILES string of the molecule is CC[C@@H](N)C(=O)N[C@@H](C)C(N)=O.O=C(O)C(F)(F)F. The van der Waals surface area contributed by atoms with E-state index in [1.54, 1.807) is 6.92 Å². The molecule has 0 spiro atoms. The standard InChI is InChI=1S/C7H15N3O2.C2HF3O2/c1-3-5(8)7(12)10-4(2)6(9)11;3-2(4,5)1(6)7/h4-5H,3,8H2,1-2H3,(H2,9,11)(H,10,12);(H,6,7)/t4-,5+;/m0./s1. The Morgan fingerprint density at radius 1 is 1.32 bits per heavy atom. The molecule has 6 N–H and O–H groups in total. The van der Waals surface area contributed by atoms with Gasteiger partial charge in [-0.05, 0) is 13.3 Å². The molecule has 2 amide bonds. The van der Waals surface area contributed by atoms with Crippen molar-refractivity contribution in [1.82, 2.24) is 5.32 Å². The molecule has 10 heteroatoms. The second-order valence-corrected chi connectivity index (χ2v) is 3.45. The second kappa shape index (κ2) is 8.29. The Bertz CT molecular complexity index is 333. The first-order valence-electron chi connectivity index (χ1n) is 5.08. The summed E-state index contributed by atoms with van der Waals surface area (Å²) in [5.74, 6) is -3.66. The number of primary amides is 1. The van der Waals surface area contributed by atoms with Crippen molar-refractivity contribution in [3.63, 3.8) is 0 Å². The van der Waals surface area contributed by atoms with Crippen LogP contribution in [0.25, 0.3) is 0 Å². The van der Waals surface area contributed by atoms with E-state index < -0.39 is 30.1 Å². The van der Waals surface area contributed by atoms with Gasteiger partial charge >= 0.3 is 12.1 Å². The van der Waals surface area contributed by atoms with E-state index in [0.717, 1.165) is 0 Å². The molecular formula is C9H16F3N3O4. The Morgan fingerprint density at radius 3 is 1.89 bits per heavy atom. The quantitative estimate of drug-likeness (QED) is 0.544. The maximum absolute atomic E-state index is 11.0. The minimum absolute atomic E-state index is 0.344. The van der Waals surface area contributed by atoms with Crippen molar-refractivity contribution in [2.24, 2.45) is 11.5 Å². The van der Waals surface area contributed by atoms with E-state index in [2.05, 4.69) is 5.32 Å². The number of aliphatic carboxylic acids is 1. The maximum atomic E-state index is 11.0. The summed E-state index contributed by atoms with van der Waals surface area (Å²) in [5.41, 5.74) is 10.3. The lowest BCUT2D eigenvalue weighted by Crippen LogP contribution is -2.48. The van der Waals surface area contributed by atoms with E-state index in [9.17, 15) is 22.8 Å². The predicted molar refractivity (Wildman–Crippen MR) is 58.8 cm³/mol. The van der Waals surface area contributed by atoms with Gasteiger partial charge in [0.15, 0.2) is 0 Å². The number of carbonyl (C=O) groups is 3. The summed E-state index contributed by atoms with van der Waals surface area (Å²) < 4.78 is 31.7. The van der Waals surface area contributed by atoms with E-state index in [1.807, 2.05) is 0 Å². The molecule has 0 saturated carbocycles. The van der Waals surface area contributed by atoms with Crippen LogP contribution in [0.3, 0.4) is 0 Å². The van der Waals surface area contributed by atoms with Crippen molar-refractivity contribution in [2.75, 3.05) is 0 Å². The average molecular weight is 287 g/mol. The molecule has 19 heavy (non-hydrogen) atoms. The van der Waals surface area contributed by atoms with Gasteiger partial charge in [-0.25, -0.2) is 4.79 Å². The Balaban J connectivity index is 0. The van der Waals surface area contributed by atoms with Crippen molar-refractivity contribution in [3.8, 4) is 0 Å². The summed E-state index contributed by atoms with van der Waals surface area (Å²) in [6.45, 7) is 3.31. The lowest BCUT2D eigenvalue weighted by atomic mass is 10.2. The van der Waals surface area contributed by atoms with Gasteiger partial charge in [0.25, 0.3) is 0 Å². The first-order chi connectivity index (χ1) is 8.43. The van der Waals surface area contributed by atoms with Crippen molar-refractivity contribution in [2.45, 2.75) is 38.5 Å². The summed E-state index contributed by atoms with van der Waals surface area (Å²) in [6, 6.07) is -1.22. The molecule has 0 aliphatic carbocycles. The van der Waals surface area contributed by atoms with Gasteiger partial charge < -0.3 is 21.9 Å². The fourth-order valence-electron chi connectivity index (χ4n) is 0.577. The Kier molecular flexibility index (Phi) is 8.51. The van der Waals surface area contributed by atoms with Crippen molar-refractivity contribution >= 4 is 17.8 Å². The van der Waals surface area contributed by atoms with Crippen LogP contribution >= 0.6 is 0 Å². The van der Waals surface area contributed by atoms with Gasteiger partial charge in [0, 0.05) is 0 Å². The number of hydrogen-bond acceptors (Lipinski definition) is 4. The van der Waals surface area contributed by atoms with Crippen LogP contribution in [0.1, 0.15) is 20.3 Å². The van der Waals surface area contributed by atoms with E-state index in [1.165, 1.54) is 6.92 Å². The van der Waals surface area contributed by atoms with Crippen LogP contribution in [0.5, 0.6) is 0 Å². The van der Waals surface area contributed by atoms with Crippen LogP contribution in [0.15, 0.2) is 0 Å². The highest BCUT2D eigenvalue weighted by atomic mass is 19.4. The van der Waals surface area contributed by atoms with Gasteiger partial charge in [-0.3, -0.25) is 9.59 Å². The molecule has 0 aromatic carbocycles. The number of alkyl halides is 3. The van der Waals surface area contributed by atoms with Crippen LogP contribution in [0.2, 0.25) is 0 Å². The topological polar surface area (TPSA) is 136 Å². The zero-order valence-corrected chi connectivity index (χ0v) is 10.3. The highest BCUT2D eigenvalue weighted by molar-refractivity contribution is 5.88. The number of carboxylic acids is 1. The molecule has 0 bridgehead atoms. The van der Waals surface area contributed by atoms with Crippen LogP contribution in [-0.4, -0.2) is 41.2 Å². The molecule has 0 aliphatic heterocycles. The lowest BCUT2D eigenvalue weighted by molar-refractivity contribution is -0.192. The highest BCUT2D eigenvalue weighted by Crippen LogP contribution is 2.13. The smallest absolute Gasteiger partial charge is 0.475 e. The van der Waals surface area contributed by atoms with Crippen molar-refractivity contribution in [3.05, 3.63) is 0 Å². The molecule has 0 fully saturated rings. The van der Waals surface area contributed by atoms with Gasteiger partial charge in [-0.15, -0.1) is 0 Å². The molecule has 2 atom stereocenters. The van der Waals surface area contributed by atoms with Crippen LogP contribution < -0.4 is 16.8 Å². The summed E-state index contributed by atoms with van der Waals surface area (Å²) in [4.78, 5) is 30.5. The monoisotopic (exact) mass is 287 g/mol. The minimum Gasteiger partial charge on any atom is -0.475 e. The summed E-state index contributed by atoms with van der Waals surface area (Å²) in [6.07, 6.45) is -4.54. The second-order valence-electron chi connectivity index (χ2n) is 3.45. The Labute approximate surface area is 107 Å². The third kappa shape index (κ3) is 9.83. The number of carbonyl (C=O) groups excluding carboxylic acids is 2. The summed E-state index contributed by atoms with van der Waals surface area (Å²) >= 11 is 0. The Hall–Kier alpha value is -1.84. The highest BCUT2D eigenvalue weighted by Gasteiger charge is 2.38. The van der Waals surface area contributed by atoms with E-state index in [-0.39, 0.29) is 5.91 Å². The first-order valence-corrected chi connectivity index (χ1v) is 5.08. The van der Waals surface area contributed by atoms with E-state index >= 15 is 0 Å². The normalized spacial score (nSPS) is 13.6. The van der Waals surface area contributed by atoms with Crippen LogP contribution in [0, 0.1) is 0 Å². The largest absolute Gasteiger partial charge is 0.490 e. The van der Waals surface area contributed by atoms with Gasteiger partial charge in [-0.2, -0.15) is 13.2 Å². The number of halogens is 3. The average Bonchev–Trinajstić information content (AvgIpc) is 2.27. The first kappa shape index (κ1) is 19.5. The molecule has 0 unspecified atom stereocenters. The number of hydrogen-bond donors (Lipinski definition) is 4. The molecule has 0 rings (SSSR count). The number of amides is 2. The van der Waals surface area contributed by atoms with Gasteiger partial charge in [-0.1, -0.05) is 6.92 Å². The van der Waals surface area contributed by atoms with Crippen LogP contribution in [0.4, 0.5) is 13.2 Å². The molecule has 7 nitrogen and oxygen atoms in total. The van der Waals surface area contributed by atoms with Crippen molar-refractivity contribution < 1.29 is 32.7 Å². The third-order valence-corrected chi connectivity index (χ3v) is 1.80. The minimum atomic E-state index is -5.08. The molecule has 0 aliphatic rings. The van der Waals surface area contributed by atoms with E-state index in [4.69, 9.17) is 21.4 Å². The maximum Gasteiger partial charge on any atom is 0.490 e. The third-order valence-electron chi connectivity index (χ3n) is 1.80. The molecule has 0 radical (unpaired) electrons. The van der Waals surface area contributed by atoms with Crippen LogP contribution in [-0.2, 0) is 14.4 Å². The molecule has 112 valence electrons. The zero-order chi connectivity index (χ0) is 15.8. The van der Waals surface area contributed by atoms with Gasteiger partial charge in [0.05, 0.1) is 6.04 Å². The molecule has 0 aromatic rings. The van der Waals surface area contributed by atoms with E-state index in [0.29, 0.717) is 6.42 Å². The summed E-state index contributed by atoms with van der Waals surface area (Å²) in [5, 5.41) is 9.52. The summed E-state index contributed by atoms with van der Waals surface area (Å²) in [7, 11) is 0. The Morgan fingerprint density at radius 2 is 1.68 bits per heavy atom. The molecule has 0 heterocycles. The predicted octanol–water partition coefficient (Wildman–Crippen LogP) is -0.653. The van der Waals surface area contributed by atoms with Gasteiger partial charge in [0.1, 0.15) is 6.04 Å². The molecule has 0 aromatic heterocycles. The van der Waals surface area contributed by atoms with Crippen molar-refractivity contribution in [1.29, 1.82) is 0 Å². The number of nitrogens with one attached hydrogen (secondary N) is 1. The lowest BCUT2D eigenvalue weighted by Gasteiger charge is -2.13. The number of rotatable bonds is 4. The molecule has 0 saturated heterocycles. The number of nitrogens with two attached hydrogens (primary N) is 2. The van der Waals surface area contributed by atoms with Gasteiger partial charge in [0.2, 0.25) is 11.8 Å². The number of carboxylic acid groups (broad SMARTS) is 1. The fraction of sp³-hybridized carbons (Fsp3) is 0.667. The molecular weight excluding hydrogens is 271 g/mol. The fourth-order valence-corrected chi connectivity index (χ4v) is 0.577. The zero-order valence-electron chi connectivity index (χ0n) is 10.3.